The van der Waals surface area contributed by atoms with E-state index in [1.165, 1.54) is 0 Å². The van der Waals surface area contributed by atoms with Gasteiger partial charge in [0.25, 0.3) is 5.91 Å². The molecular weight excluding hydrogens is 508 g/mol. The van der Waals surface area contributed by atoms with E-state index in [4.69, 9.17) is 21.1 Å². The second-order valence-electron chi connectivity index (χ2n) is 7.62. The number of hydrogen-bond donors (Lipinski definition) is 1. The normalized spacial score (nSPS) is 12.1. The number of rotatable bonds is 8. The first-order valence-corrected chi connectivity index (χ1v) is 11.5. The van der Waals surface area contributed by atoms with Crippen molar-refractivity contribution in [2.24, 2.45) is 5.10 Å². The number of aryl methyl sites for hydroxylation is 2. The Hall–Kier alpha value is -2.84. The molecule has 3 aromatic rings. The minimum absolute atomic E-state index is 0.359. The van der Waals surface area contributed by atoms with Crippen molar-refractivity contribution in [1.29, 1.82) is 0 Å². The monoisotopic (exact) mass is 532 g/mol. The SMILES string of the molecule is COc1ccc(C=NNC(=O)C(C)Oc2ccc(Cl)cc2C)cc1Cn1nc(C)c(Br)c1C. The number of ether oxygens (including phenoxy) is 2. The Morgan fingerprint density at radius 3 is 2.61 bits per heavy atom. The lowest BCUT2D eigenvalue weighted by Crippen LogP contribution is -2.33. The van der Waals surface area contributed by atoms with Crippen LogP contribution in [0.1, 0.15) is 35.0 Å². The van der Waals surface area contributed by atoms with E-state index in [2.05, 4.69) is 31.6 Å². The molecule has 2 aromatic carbocycles. The summed E-state index contributed by atoms with van der Waals surface area (Å²) in [7, 11) is 1.63. The van der Waals surface area contributed by atoms with Crippen LogP contribution in [0.2, 0.25) is 5.02 Å². The first kappa shape index (κ1) is 24.8. The van der Waals surface area contributed by atoms with Crippen LogP contribution < -0.4 is 14.9 Å². The molecule has 1 heterocycles. The molecule has 0 aliphatic carbocycles. The van der Waals surface area contributed by atoms with Crippen molar-refractivity contribution in [3.63, 3.8) is 0 Å². The van der Waals surface area contributed by atoms with Crippen LogP contribution in [0.3, 0.4) is 0 Å². The molecule has 7 nitrogen and oxygen atoms in total. The van der Waals surface area contributed by atoms with Crippen molar-refractivity contribution in [1.82, 2.24) is 15.2 Å². The maximum absolute atomic E-state index is 12.4. The van der Waals surface area contributed by atoms with E-state index in [1.54, 1.807) is 38.4 Å². The predicted molar refractivity (Wildman–Crippen MR) is 134 cm³/mol. The van der Waals surface area contributed by atoms with E-state index < -0.39 is 6.10 Å². The highest BCUT2D eigenvalue weighted by molar-refractivity contribution is 9.10. The minimum Gasteiger partial charge on any atom is -0.496 e. The summed E-state index contributed by atoms with van der Waals surface area (Å²) < 4.78 is 14.1. The van der Waals surface area contributed by atoms with Crippen LogP contribution >= 0.6 is 27.5 Å². The van der Waals surface area contributed by atoms with Gasteiger partial charge >= 0.3 is 0 Å². The molecule has 33 heavy (non-hydrogen) atoms. The van der Waals surface area contributed by atoms with Gasteiger partial charge in [-0.1, -0.05) is 11.6 Å². The van der Waals surface area contributed by atoms with Gasteiger partial charge in [-0.05, 0) is 91.1 Å². The maximum atomic E-state index is 12.4. The van der Waals surface area contributed by atoms with Gasteiger partial charge in [-0.25, -0.2) is 5.43 Å². The predicted octanol–water partition coefficient (Wildman–Crippen LogP) is 5.20. The average molecular weight is 534 g/mol. The third-order valence-corrected chi connectivity index (χ3v) is 6.50. The summed E-state index contributed by atoms with van der Waals surface area (Å²) >= 11 is 9.52. The Balaban J connectivity index is 1.67. The zero-order valence-electron chi connectivity index (χ0n) is 19.1. The maximum Gasteiger partial charge on any atom is 0.280 e. The highest BCUT2D eigenvalue weighted by atomic mass is 79.9. The first-order chi connectivity index (χ1) is 15.7. The summed E-state index contributed by atoms with van der Waals surface area (Å²) in [5.74, 6) is 0.989. The molecule has 0 spiro atoms. The number of halogens is 2. The van der Waals surface area contributed by atoms with Gasteiger partial charge in [0.1, 0.15) is 11.5 Å². The Morgan fingerprint density at radius 2 is 1.97 bits per heavy atom. The summed E-state index contributed by atoms with van der Waals surface area (Å²) in [6.45, 7) is 8.04. The van der Waals surface area contributed by atoms with Gasteiger partial charge < -0.3 is 9.47 Å². The molecule has 1 N–H and O–H groups in total. The number of hydrogen-bond acceptors (Lipinski definition) is 5. The largest absolute Gasteiger partial charge is 0.496 e. The summed E-state index contributed by atoms with van der Waals surface area (Å²) in [6, 6.07) is 10.9. The van der Waals surface area contributed by atoms with Crippen molar-refractivity contribution in [3.05, 3.63) is 74.0 Å². The van der Waals surface area contributed by atoms with E-state index >= 15 is 0 Å². The lowest BCUT2D eigenvalue weighted by atomic mass is 10.1. The molecule has 0 saturated carbocycles. The molecule has 174 valence electrons. The summed E-state index contributed by atoms with van der Waals surface area (Å²) in [5, 5.41) is 9.26. The average Bonchev–Trinajstić information content (AvgIpc) is 3.02. The van der Waals surface area contributed by atoms with Crippen LogP contribution in [-0.2, 0) is 11.3 Å². The fourth-order valence-electron chi connectivity index (χ4n) is 3.24. The van der Waals surface area contributed by atoms with Crippen LogP contribution in [0.15, 0.2) is 46.0 Å². The van der Waals surface area contributed by atoms with Crippen molar-refractivity contribution in [3.8, 4) is 11.5 Å². The molecule has 0 fully saturated rings. The van der Waals surface area contributed by atoms with Crippen LogP contribution in [0.4, 0.5) is 0 Å². The number of nitrogens with one attached hydrogen (secondary N) is 1. The van der Waals surface area contributed by atoms with Crippen LogP contribution in [0, 0.1) is 20.8 Å². The molecule has 3 rings (SSSR count). The molecule has 1 amide bonds. The van der Waals surface area contributed by atoms with Gasteiger partial charge in [0.15, 0.2) is 6.10 Å². The number of carbonyl (C=O) groups excluding carboxylic acids is 1. The van der Waals surface area contributed by atoms with Crippen LogP contribution in [0.5, 0.6) is 11.5 Å². The fourth-order valence-corrected chi connectivity index (χ4v) is 3.75. The van der Waals surface area contributed by atoms with E-state index in [0.717, 1.165) is 38.3 Å². The second-order valence-corrected chi connectivity index (χ2v) is 8.85. The van der Waals surface area contributed by atoms with E-state index in [9.17, 15) is 4.79 Å². The number of amides is 1. The summed E-state index contributed by atoms with van der Waals surface area (Å²) in [4.78, 5) is 12.4. The highest BCUT2D eigenvalue weighted by Crippen LogP contribution is 2.25. The van der Waals surface area contributed by atoms with Gasteiger partial charge in [-0.2, -0.15) is 10.2 Å². The molecule has 0 saturated heterocycles. The zero-order valence-corrected chi connectivity index (χ0v) is 21.5. The number of aromatic nitrogens is 2. The number of carbonyl (C=O) groups is 1. The summed E-state index contributed by atoms with van der Waals surface area (Å²) in [6.07, 6.45) is 0.857. The van der Waals surface area contributed by atoms with E-state index in [1.807, 2.05) is 43.7 Å². The smallest absolute Gasteiger partial charge is 0.280 e. The van der Waals surface area contributed by atoms with Gasteiger partial charge in [0.2, 0.25) is 0 Å². The van der Waals surface area contributed by atoms with Crippen LogP contribution in [0.25, 0.3) is 0 Å². The van der Waals surface area contributed by atoms with Gasteiger partial charge in [-0.3, -0.25) is 9.48 Å². The molecule has 0 radical (unpaired) electrons. The number of nitrogens with zero attached hydrogens (tertiary/aromatic N) is 3. The van der Waals surface area contributed by atoms with Crippen molar-refractivity contribution < 1.29 is 14.3 Å². The molecule has 0 aliphatic rings. The van der Waals surface area contributed by atoms with E-state index in [-0.39, 0.29) is 5.91 Å². The molecule has 1 aromatic heterocycles. The molecule has 9 heteroatoms. The quantitative estimate of drug-likeness (QED) is 0.319. The molecular formula is C24H26BrClN4O3. The summed E-state index contributed by atoms with van der Waals surface area (Å²) in [5.41, 5.74) is 7.10. The Bertz CT molecular complexity index is 1190. The lowest BCUT2D eigenvalue weighted by molar-refractivity contribution is -0.127. The molecule has 1 unspecified atom stereocenters. The zero-order chi connectivity index (χ0) is 24.1. The molecule has 0 bridgehead atoms. The number of hydrazone groups is 1. The van der Waals surface area contributed by atoms with Crippen molar-refractivity contribution in [2.45, 2.75) is 40.3 Å². The van der Waals surface area contributed by atoms with Crippen molar-refractivity contribution >= 4 is 39.7 Å². The van der Waals surface area contributed by atoms with Gasteiger partial charge in [0, 0.05) is 10.6 Å². The Kier molecular flexibility index (Phi) is 8.15. The van der Waals surface area contributed by atoms with Crippen molar-refractivity contribution in [2.75, 3.05) is 7.11 Å². The first-order valence-electron chi connectivity index (χ1n) is 10.3. The highest BCUT2D eigenvalue weighted by Gasteiger charge is 2.15. The second kappa shape index (κ2) is 10.9. The van der Waals surface area contributed by atoms with E-state index in [0.29, 0.717) is 17.3 Å². The molecule has 0 aliphatic heterocycles. The molecule has 1 atom stereocenters. The third-order valence-electron chi connectivity index (χ3n) is 5.12. The van der Waals surface area contributed by atoms with Gasteiger partial charge in [0.05, 0.1) is 35.7 Å². The Morgan fingerprint density at radius 1 is 1.24 bits per heavy atom. The third kappa shape index (κ3) is 6.15. The standard InChI is InChI=1S/C24H26BrClN4O3/c1-14-10-20(26)7-9-21(14)33-17(4)24(31)28-27-12-18-6-8-22(32-5)19(11-18)13-30-16(3)23(25)15(2)29-30/h6-12,17H,13H2,1-5H3,(H,28,31). The Labute approximate surface area is 206 Å². The fraction of sp³-hybridized carbons (Fsp3) is 0.292. The number of benzene rings is 2. The van der Waals surface area contributed by atoms with Gasteiger partial charge in [-0.15, -0.1) is 0 Å². The van der Waals surface area contributed by atoms with Crippen LogP contribution in [-0.4, -0.2) is 35.1 Å². The number of methoxy groups -OCH3 is 1. The topological polar surface area (TPSA) is 77.7 Å². The lowest BCUT2D eigenvalue weighted by Gasteiger charge is -2.15. The minimum atomic E-state index is -0.724.